The highest BCUT2D eigenvalue weighted by Gasteiger charge is 2.35. The lowest BCUT2D eigenvalue weighted by molar-refractivity contribution is -0.122. The number of rotatable bonds is 6. The number of para-hydroxylation sites is 1. The molecule has 1 aliphatic heterocycles. The number of anilines is 2. The Bertz CT molecular complexity index is 778. The summed E-state index contributed by atoms with van der Waals surface area (Å²) >= 11 is 3.00. The van der Waals surface area contributed by atoms with E-state index in [4.69, 9.17) is 0 Å². The first-order chi connectivity index (χ1) is 12.1. The molecule has 1 aliphatic rings. The zero-order chi connectivity index (χ0) is 17.8. The lowest BCUT2D eigenvalue weighted by atomic mass is 10.1. The maximum Gasteiger partial charge on any atom is 0.231 e. The van der Waals surface area contributed by atoms with Crippen molar-refractivity contribution in [3.63, 3.8) is 0 Å². The van der Waals surface area contributed by atoms with Crippen molar-refractivity contribution >= 4 is 45.7 Å². The van der Waals surface area contributed by atoms with Crippen LogP contribution in [0.1, 0.15) is 25.3 Å². The molecule has 3 rings (SSSR count). The molecule has 0 spiro atoms. The van der Waals surface area contributed by atoms with Gasteiger partial charge in [0.05, 0.1) is 5.92 Å². The fraction of sp³-hybridized carbons (Fsp3) is 0.412. The Morgan fingerprint density at radius 3 is 2.96 bits per heavy atom. The SMILES string of the molecule is CCCSc1nnc(NC(=O)[C@H]2CC(=O)N(c3ccccc3C)C2)s1. The van der Waals surface area contributed by atoms with Gasteiger partial charge < -0.3 is 10.2 Å². The van der Waals surface area contributed by atoms with E-state index in [1.54, 1.807) is 16.7 Å². The van der Waals surface area contributed by atoms with Crippen molar-refractivity contribution in [3.05, 3.63) is 29.8 Å². The lowest BCUT2D eigenvalue weighted by Crippen LogP contribution is -2.28. The number of amides is 2. The molecule has 0 radical (unpaired) electrons. The molecule has 1 saturated heterocycles. The summed E-state index contributed by atoms with van der Waals surface area (Å²) < 4.78 is 0.848. The molecule has 1 aromatic carbocycles. The highest BCUT2D eigenvalue weighted by Crippen LogP contribution is 2.30. The van der Waals surface area contributed by atoms with Gasteiger partial charge in [0.15, 0.2) is 4.34 Å². The molecule has 2 aromatic rings. The van der Waals surface area contributed by atoms with E-state index in [0.29, 0.717) is 11.7 Å². The molecular weight excluding hydrogens is 356 g/mol. The number of hydrogen-bond donors (Lipinski definition) is 1. The number of benzene rings is 1. The minimum Gasteiger partial charge on any atom is -0.311 e. The van der Waals surface area contributed by atoms with E-state index >= 15 is 0 Å². The summed E-state index contributed by atoms with van der Waals surface area (Å²) in [4.78, 5) is 26.5. The van der Waals surface area contributed by atoms with Crippen molar-refractivity contribution in [2.75, 3.05) is 22.5 Å². The van der Waals surface area contributed by atoms with Gasteiger partial charge in [0.2, 0.25) is 16.9 Å². The van der Waals surface area contributed by atoms with Crippen LogP contribution < -0.4 is 10.2 Å². The minimum atomic E-state index is -0.372. The fourth-order valence-corrected chi connectivity index (χ4v) is 4.38. The van der Waals surface area contributed by atoms with Gasteiger partial charge in [-0.15, -0.1) is 10.2 Å². The van der Waals surface area contributed by atoms with Crippen LogP contribution in [0.15, 0.2) is 28.6 Å². The second-order valence-electron chi connectivity index (χ2n) is 5.90. The molecule has 0 saturated carbocycles. The normalized spacial score (nSPS) is 17.1. The molecule has 0 aliphatic carbocycles. The minimum absolute atomic E-state index is 0.0223. The number of carbonyl (C=O) groups excluding carboxylic acids is 2. The smallest absolute Gasteiger partial charge is 0.231 e. The van der Waals surface area contributed by atoms with Gasteiger partial charge in [-0.1, -0.05) is 48.2 Å². The number of aryl methyl sites for hydroxylation is 1. The summed E-state index contributed by atoms with van der Waals surface area (Å²) in [6.07, 6.45) is 1.28. The molecule has 2 heterocycles. The number of aromatic nitrogens is 2. The van der Waals surface area contributed by atoms with Crippen molar-refractivity contribution in [2.45, 2.75) is 31.0 Å². The number of hydrogen-bond acceptors (Lipinski definition) is 6. The fourth-order valence-electron chi connectivity index (χ4n) is 2.70. The van der Waals surface area contributed by atoms with Gasteiger partial charge in [-0.2, -0.15) is 0 Å². The first kappa shape index (κ1) is 17.9. The standard InChI is InChI=1S/C17H20N4O2S2/c1-3-8-24-17-20-19-16(25-17)18-15(23)12-9-14(22)21(10-12)13-7-5-4-6-11(13)2/h4-7,12H,3,8-10H2,1-2H3,(H,18,19,23)/t12-/m0/s1. The van der Waals surface area contributed by atoms with Gasteiger partial charge >= 0.3 is 0 Å². The topological polar surface area (TPSA) is 75.2 Å². The van der Waals surface area contributed by atoms with Crippen LogP contribution in [0.4, 0.5) is 10.8 Å². The van der Waals surface area contributed by atoms with E-state index in [9.17, 15) is 9.59 Å². The van der Waals surface area contributed by atoms with Crippen LogP contribution in [0.3, 0.4) is 0 Å². The Labute approximate surface area is 155 Å². The molecule has 6 nitrogen and oxygen atoms in total. The molecule has 25 heavy (non-hydrogen) atoms. The van der Waals surface area contributed by atoms with Crippen LogP contribution in [0.25, 0.3) is 0 Å². The second kappa shape index (κ2) is 7.97. The molecule has 2 amide bonds. The Hall–Kier alpha value is -1.93. The molecular formula is C17H20N4O2S2. The largest absolute Gasteiger partial charge is 0.311 e. The first-order valence-electron chi connectivity index (χ1n) is 8.21. The molecule has 0 bridgehead atoms. The predicted molar refractivity (Wildman–Crippen MR) is 101 cm³/mol. The van der Waals surface area contributed by atoms with Crippen LogP contribution in [0, 0.1) is 12.8 Å². The first-order valence-corrected chi connectivity index (χ1v) is 10.0. The molecule has 132 valence electrons. The van der Waals surface area contributed by atoms with Gasteiger partial charge in [-0.05, 0) is 25.0 Å². The van der Waals surface area contributed by atoms with Crippen molar-refractivity contribution in [1.82, 2.24) is 10.2 Å². The van der Waals surface area contributed by atoms with Crippen molar-refractivity contribution in [1.29, 1.82) is 0 Å². The average Bonchev–Trinajstić information content (AvgIpc) is 3.20. The van der Waals surface area contributed by atoms with Crippen LogP contribution in [-0.2, 0) is 9.59 Å². The molecule has 8 heteroatoms. The Balaban J connectivity index is 1.63. The summed E-state index contributed by atoms with van der Waals surface area (Å²) in [5.41, 5.74) is 1.90. The summed E-state index contributed by atoms with van der Waals surface area (Å²) in [5, 5.41) is 11.4. The predicted octanol–water partition coefficient (Wildman–Crippen LogP) is 3.34. The van der Waals surface area contributed by atoms with Gasteiger partial charge in [0, 0.05) is 24.4 Å². The van der Waals surface area contributed by atoms with Crippen LogP contribution in [0.5, 0.6) is 0 Å². The zero-order valence-corrected chi connectivity index (χ0v) is 15.8. The van der Waals surface area contributed by atoms with Crippen molar-refractivity contribution < 1.29 is 9.59 Å². The number of nitrogens with zero attached hydrogens (tertiary/aromatic N) is 3. The molecule has 1 fully saturated rings. The van der Waals surface area contributed by atoms with Gasteiger partial charge in [0.1, 0.15) is 0 Å². The van der Waals surface area contributed by atoms with E-state index < -0.39 is 0 Å². The van der Waals surface area contributed by atoms with Crippen LogP contribution >= 0.6 is 23.1 Å². The molecule has 1 N–H and O–H groups in total. The second-order valence-corrected chi connectivity index (χ2v) is 8.22. The third-order valence-corrected chi connectivity index (χ3v) is 6.15. The molecule has 1 aromatic heterocycles. The summed E-state index contributed by atoms with van der Waals surface area (Å²) in [7, 11) is 0. The highest BCUT2D eigenvalue weighted by molar-refractivity contribution is 8.01. The number of nitrogens with one attached hydrogen (secondary N) is 1. The third kappa shape index (κ3) is 4.19. The van der Waals surface area contributed by atoms with E-state index in [0.717, 1.165) is 27.8 Å². The summed E-state index contributed by atoms with van der Waals surface area (Å²) in [6.45, 7) is 4.46. The van der Waals surface area contributed by atoms with E-state index in [2.05, 4.69) is 22.4 Å². The third-order valence-electron chi connectivity index (χ3n) is 3.97. The quantitative estimate of drug-likeness (QED) is 0.618. The van der Waals surface area contributed by atoms with E-state index in [-0.39, 0.29) is 24.2 Å². The van der Waals surface area contributed by atoms with Crippen molar-refractivity contribution in [2.24, 2.45) is 5.92 Å². The lowest BCUT2D eigenvalue weighted by Gasteiger charge is -2.18. The Morgan fingerprint density at radius 2 is 2.20 bits per heavy atom. The van der Waals surface area contributed by atoms with E-state index in [1.165, 1.54) is 11.3 Å². The van der Waals surface area contributed by atoms with Gasteiger partial charge in [-0.25, -0.2) is 0 Å². The highest BCUT2D eigenvalue weighted by atomic mass is 32.2. The maximum atomic E-state index is 12.5. The molecule has 0 unspecified atom stereocenters. The van der Waals surface area contributed by atoms with Gasteiger partial charge in [0.25, 0.3) is 0 Å². The molecule has 1 atom stereocenters. The van der Waals surface area contributed by atoms with Crippen molar-refractivity contribution in [3.8, 4) is 0 Å². The van der Waals surface area contributed by atoms with Crippen LogP contribution in [-0.4, -0.2) is 34.3 Å². The van der Waals surface area contributed by atoms with Gasteiger partial charge in [-0.3, -0.25) is 9.59 Å². The van der Waals surface area contributed by atoms with E-state index in [1.807, 2.05) is 31.2 Å². The van der Waals surface area contributed by atoms with Crippen LogP contribution in [0.2, 0.25) is 0 Å². The average molecular weight is 377 g/mol. The number of thioether (sulfide) groups is 1. The summed E-state index contributed by atoms with van der Waals surface area (Å²) in [6, 6.07) is 7.72. The summed E-state index contributed by atoms with van der Waals surface area (Å²) in [5.74, 6) is 0.409. The number of carbonyl (C=O) groups is 2. The maximum absolute atomic E-state index is 12.5. The Kier molecular flexibility index (Phi) is 5.70. The monoisotopic (exact) mass is 376 g/mol. The zero-order valence-electron chi connectivity index (χ0n) is 14.2. The Morgan fingerprint density at radius 1 is 1.40 bits per heavy atom.